The van der Waals surface area contributed by atoms with E-state index in [1.165, 1.54) is 12.1 Å². The van der Waals surface area contributed by atoms with Crippen LogP contribution in [0.3, 0.4) is 0 Å². The Labute approximate surface area is 124 Å². The number of carbonyl (C=O) groups is 1. The van der Waals surface area contributed by atoms with Crippen LogP contribution >= 0.6 is 0 Å². The molecule has 2 rings (SSSR count). The van der Waals surface area contributed by atoms with Gasteiger partial charge in [0.25, 0.3) is 0 Å². The van der Waals surface area contributed by atoms with Crippen molar-refractivity contribution in [3.8, 4) is 0 Å². The fourth-order valence-corrected chi connectivity index (χ4v) is 2.91. The van der Waals surface area contributed by atoms with Gasteiger partial charge in [0.05, 0.1) is 0 Å². The fraction of sp³-hybridized carbons (Fsp3) is 0.562. The highest BCUT2D eigenvalue weighted by atomic mass is 19.1. The molecule has 1 aromatic carbocycles. The van der Waals surface area contributed by atoms with Crippen LogP contribution in [0.4, 0.5) is 4.39 Å². The smallest absolute Gasteiger partial charge is 0.325 e. The molecule has 0 aromatic heterocycles. The van der Waals surface area contributed by atoms with Gasteiger partial charge >= 0.3 is 5.97 Å². The standard InChI is InChI=1S/C16H22FNO3/c1-11-3-4-13(17)9-14(11)15(16(19)20)18(2)10-12-5-7-21-8-6-12/h3-4,9,12,15H,5-8,10H2,1-2H3,(H,19,20). The molecule has 1 unspecified atom stereocenters. The first-order valence-electron chi connectivity index (χ1n) is 7.26. The van der Waals surface area contributed by atoms with Crippen LogP contribution in [0.25, 0.3) is 0 Å². The van der Waals surface area contributed by atoms with Gasteiger partial charge in [-0.05, 0) is 56.0 Å². The van der Waals surface area contributed by atoms with Crippen LogP contribution in [0.2, 0.25) is 0 Å². The number of nitrogens with zero attached hydrogens (tertiary/aromatic N) is 1. The number of carboxylic acids is 1. The van der Waals surface area contributed by atoms with Crippen LogP contribution in [0.1, 0.15) is 30.0 Å². The lowest BCUT2D eigenvalue weighted by atomic mass is 9.96. The monoisotopic (exact) mass is 295 g/mol. The first-order valence-corrected chi connectivity index (χ1v) is 7.26. The molecular formula is C16H22FNO3. The minimum absolute atomic E-state index is 0.402. The van der Waals surface area contributed by atoms with Crippen molar-refractivity contribution in [3.05, 3.63) is 35.1 Å². The summed E-state index contributed by atoms with van der Waals surface area (Å²) in [5.74, 6) is -0.918. The third-order valence-electron chi connectivity index (χ3n) is 4.10. The molecule has 1 aromatic rings. The number of carboxylic acid groups (broad SMARTS) is 1. The Morgan fingerprint density at radius 1 is 1.48 bits per heavy atom. The lowest BCUT2D eigenvalue weighted by Crippen LogP contribution is -2.36. The van der Waals surface area contributed by atoms with E-state index in [9.17, 15) is 14.3 Å². The molecule has 1 fully saturated rings. The Morgan fingerprint density at radius 2 is 2.14 bits per heavy atom. The van der Waals surface area contributed by atoms with Crippen LogP contribution in [-0.2, 0) is 9.53 Å². The maximum absolute atomic E-state index is 13.5. The molecule has 1 aliphatic heterocycles. The van der Waals surface area contributed by atoms with Crippen molar-refractivity contribution in [3.63, 3.8) is 0 Å². The summed E-state index contributed by atoms with van der Waals surface area (Å²) in [6.45, 7) is 3.95. The zero-order valence-corrected chi connectivity index (χ0v) is 12.5. The summed E-state index contributed by atoms with van der Waals surface area (Å²) in [5.41, 5.74) is 1.32. The fourth-order valence-electron chi connectivity index (χ4n) is 2.91. The number of benzene rings is 1. The van der Waals surface area contributed by atoms with E-state index in [1.807, 2.05) is 6.92 Å². The molecule has 4 nitrogen and oxygen atoms in total. The SMILES string of the molecule is Cc1ccc(F)cc1C(C(=O)O)N(C)CC1CCOCC1. The van der Waals surface area contributed by atoms with E-state index in [0.29, 0.717) is 18.0 Å². The average molecular weight is 295 g/mol. The van der Waals surface area contributed by atoms with Crippen LogP contribution in [-0.4, -0.2) is 42.8 Å². The number of rotatable bonds is 5. The van der Waals surface area contributed by atoms with Crippen molar-refractivity contribution in [1.29, 1.82) is 0 Å². The van der Waals surface area contributed by atoms with Gasteiger partial charge in [-0.3, -0.25) is 9.69 Å². The van der Waals surface area contributed by atoms with Gasteiger partial charge in [0.15, 0.2) is 0 Å². The van der Waals surface area contributed by atoms with Crippen LogP contribution in [0.5, 0.6) is 0 Å². The predicted molar refractivity (Wildman–Crippen MR) is 77.7 cm³/mol. The lowest BCUT2D eigenvalue weighted by molar-refractivity contribution is -0.143. The highest BCUT2D eigenvalue weighted by Gasteiger charge is 2.28. The van der Waals surface area contributed by atoms with Crippen LogP contribution < -0.4 is 0 Å². The van der Waals surface area contributed by atoms with Crippen molar-refractivity contribution >= 4 is 5.97 Å². The highest BCUT2D eigenvalue weighted by molar-refractivity contribution is 5.76. The maximum atomic E-state index is 13.5. The van der Waals surface area contributed by atoms with E-state index in [4.69, 9.17) is 4.74 Å². The molecular weight excluding hydrogens is 273 g/mol. The second-order valence-electron chi connectivity index (χ2n) is 5.74. The molecule has 1 aliphatic rings. The second-order valence-corrected chi connectivity index (χ2v) is 5.74. The van der Waals surface area contributed by atoms with E-state index in [-0.39, 0.29) is 0 Å². The number of hydrogen-bond acceptors (Lipinski definition) is 3. The maximum Gasteiger partial charge on any atom is 0.325 e. The summed E-state index contributed by atoms with van der Waals surface area (Å²) in [6, 6.07) is 3.50. The van der Waals surface area contributed by atoms with E-state index < -0.39 is 17.8 Å². The highest BCUT2D eigenvalue weighted by Crippen LogP contribution is 2.26. The van der Waals surface area contributed by atoms with Gasteiger partial charge in [-0.1, -0.05) is 6.07 Å². The number of aryl methyl sites for hydroxylation is 1. The van der Waals surface area contributed by atoms with E-state index >= 15 is 0 Å². The normalized spacial score (nSPS) is 17.9. The molecule has 0 bridgehead atoms. The Bertz CT molecular complexity index is 500. The van der Waals surface area contributed by atoms with Gasteiger partial charge < -0.3 is 9.84 Å². The zero-order chi connectivity index (χ0) is 15.4. The van der Waals surface area contributed by atoms with Crippen molar-refractivity contribution in [2.24, 2.45) is 5.92 Å². The molecule has 1 atom stereocenters. The molecule has 0 amide bonds. The Balaban J connectivity index is 2.17. The van der Waals surface area contributed by atoms with E-state index in [0.717, 1.165) is 31.6 Å². The summed E-state index contributed by atoms with van der Waals surface area (Å²) in [4.78, 5) is 13.5. The van der Waals surface area contributed by atoms with Crippen LogP contribution in [0.15, 0.2) is 18.2 Å². The van der Waals surface area contributed by atoms with Gasteiger partial charge in [-0.25, -0.2) is 4.39 Å². The number of likely N-dealkylation sites (N-methyl/N-ethyl adjacent to an activating group) is 1. The molecule has 1 heterocycles. The summed E-state index contributed by atoms with van der Waals surface area (Å²) in [5, 5.41) is 9.55. The van der Waals surface area contributed by atoms with Gasteiger partial charge in [-0.15, -0.1) is 0 Å². The molecule has 0 aliphatic carbocycles. The van der Waals surface area contributed by atoms with Crippen LogP contribution in [0, 0.1) is 18.7 Å². The quantitative estimate of drug-likeness (QED) is 0.907. The summed E-state index contributed by atoms with van der Waals surface area (Å²) >= 11 is 0. The number of aliphatic carboxylic acids is 1. The number of ether oxygens (including phenoxy) is 1. The molecule has 0 spiro atoms. The van der Waals surface area contributed by atoms with Gasteiger partial charge in [-0.2, -0.15) is 0 Å². The zero-order valence-electron chi connectivity index (χ0n) is 12.5. The van der Waals surface area contributed by atoms with E-state index in [1.54, 1.807) is 18.0 Å². The van der Waals surface area contributed by atoms with Gasteiger partial charge in [0, 0.05) is 19.8 Å². The third kappa shape index (κ3) is 4.02. The average Bonchev–Trinajstić information content (AvgIpc) is 2.43. The minimum atomic E-state index is -0.946. The molecule has 1 saturated heterocycles. The summed E-state index contributed by atoms with van der Waals surface area (Å²) in [7, 11) is 1.79. The first kappa shape index (κ1) is 15.9. The third-order valence-corrected chi connectivity index (χ3v) is 4.10. The van der Waals surface area contributed by atoms with Gasteiger partial charge in [0.2, 0.25) is 0 Å². The van der Waals surface area contributed by atoms with Gasteiger partial charge in [0.1, 0.15) is 11.9 Å². The Kier molecular flexibility index (Phi) is 5.31. The van der Waals surface area contributed by atoms with Crippen molar-refractivity contribution < 1.29 is 19.0 Å². The molecule has 21 heavy (non-hydrogen) atoms. The van der Waals surface area contributed by atoms with Crippen molar-refractivity contribution in [1.82, 2.24) is 4.90 Å². The lowest BCUT2D eigenvalue weighted by Gasteiger charge is -2.31. The largest absolute Gasteiger partial charge is 0.480 e. The second kappa shape index (κ2) is 7.00. The topological polar surface area (TPSA) is 49.8 Å². The number of halogens is 1. The van der Waals surface area contributed by atoms with Crippen molar-refractivity contribution in [2.75, 3.05) is 26.8 Å². The first-order chi connectivity index (χ1) is 9.99. The molecule has 0 radical (unpaired) electrons. The summed E-state index contributed by atoms with van der Waals surface area (Å²) < 4.78 is 18.8. The Hall–Kier alpha value is -1.46. The molecule has 1 N–H and O–H groups in total. The summed E-state index contributed by atoms with van der Waals surface area (Å²) in [6.07, 6.45) is 1.89. The minimum Gasteiger partial charge on any atom is -0.480 e. The Morgan fingerprint density at radius 3 is 2.76 bits per heavy atom. The van der Waals surface area contributed by atoms with E-state index in [2.05, 4.69) is 0 Å². The molecule has 5 heteroatoms. The number of hydrogen-bond donors (Lipinski definition) is 1. The van der Waals surface area contributed by atoms with Crippen molar-refractivity contribution in [2.45, 2.75) is 25.8 Å². The molecule has 0 saturated carbocycles. The molecule has 116 valence electrons. The predicted octanol–water partition coefficient (Wildman–Crippen LogP) is 2.62.